The number of benzene rings is 1. The second-order valence-corrected chi connectivity index (χ2v) is 7.51. The zero-order valence-corrected chi connectivity index (χ0v) is 16.6. The van der Waals surface area contributed by atoms with Crippen LogP contribution in [0, 0.1) is 12.7 Å². The molecule has 0 bridgehead atoms. The number of nitrogens with zero attached hydrogens (tertiary/aromatic N) is 3. The molecule has 3 heterocycles. The van der Waals surface area contributed by atoms with Gasteiger partial charge in [-0.05, 0) is 69.3 Å². The van der Waals surface area contributed by atoms with Crippen molar-refractivity contribution < 1.29 is 8.81 Å². The highest BCUT2D eigenvalue weighted by atomic mass is 35.5. The standard InChI is InChI=1S/C21H24ClFN4O/c1-15-18(21(22)27(25-15)17-8-6-16(23)7-9-17)13-24-14-19(20-5-4-12-28-20)26-10-2-3-11-26/h4-9,12,19,24H,2-3,10-11,13-14H2,1H3. The molecule has 1 aliphatic heterocycles. The predicted octanol–water partition coefficient (Wildman–Crippen LogP) is 4.49. The lowest BCUT2D eigenvalue weighted by Gasteiger charge is -2.26. The summed E-state index contributed by atoms with van der Waals surface area (Å²) >= 11 is 6.58. The van der Waals surface area contributed by atoms with Crippen LogP contribution in [0.3, 0.4) is 0 Å². The molecule has 4 rings (SSSR count). The maximum absolute atomic E-state index is 13.2. The fourth-order valence-electron chi connectivity index (χ4n) is 3.76. The highest BCUT2D eigenvalue weighted by Gasteiger charge is 2.25. The Labute approximate surface area is 169 Å². The first-order valence-corrected chi connectivity index (χ1v) is 9.99. The minimum Gasteiger partial charge on any atom is -0.468 e. The lowest BCUT2D eigenvalue weighted by atomic mass is 10.2. The first-order chi connectivity index (χ1) is 13.6. The molecule has 0 spiro atoms. The summed E-state index contributed by atoms with van der Waals surface area (Å²) in [7, 11) is 0. The zero-order valence-electron chi connectivity index (χ0n) is 15.9. The third kappa shape index (κ3) is 3.99. The minimum atomic E-state index is -0.281. The normalized spacial score (nSPS) is 16.0. The van der Waals surface area contributed by atoms with Crippen molar-refractivity contribution in [2.75, 3.05) is 19.6 Å². The summed E-state index contributed by atoms with van der Waals surface area (Å²) in [5, 5.41) is 8.60. The van der Waals surface area contributed by atoms with Crippen LogP contribution in [0.1, 0.15) is 35.9 Å². The van der Waals surface area contributed by atoms with E-state index < -0.39 is 0 Å². The van der Waals surface area contributed by atoms with Gasteiger partial charge in [0.05, 0.1) is 23.7 Å². The molecule has 0 saturated carbocycles. The van der Waals surface area contributed by atoms with Crippen molar-refractivity contribution in [3.05, 3.63) is 70.6 Å². The van der Waals surface area contributed by atoms with Crippen molar-refractivity contribution >= 4 is 11.6 Å². The van der Waals surface area contributed by atoms with Gasteiger partial charge in [-0.3, -0.25) is 4.90 Å². The van der Waals surface area contributed by atoms with Gasteiger partial charge >= 0.3 is 0 Å². The van der Waals surface area contributed by atoms with E-state index in [-0.39, 0.29) is 11.9 Å². The second-order valence-electron chi connectivity index (χ2n) is 7.15. The van der Waals surface area contributed by atoms with Crippen LogP contribution >= 0.6 is 11.6 Å². The highest BCUT2D eigenvalue weighted by molar-refractivity contribution is 6.30. The van der Waals surface area contributed by atoms with E-state index in [2.05, 4.69) is 15.3 Å². The molecule has 1 unspecified atom stereocenters. The van der Waals surface area contributed by atoms with Gasteiger partial charge in [0.15, 0.2) is 0 Å². The Hall–Kier alpha value is -2.15. The SMILES string of the molecule is Cc1nn(-c2ccc(F)cc2)c(Cl)c1CNCC(c1ccco1)N1CCCC1. The van der Waals surface area contributed by atoms with E-state index >= 15 is 0 Å². The van der Waals surface area contributed by atoms with E-state index in [1.807, 2.05) is 19.1 Å². The summed E-state index contributed by atoms with van der Waals surface area (Å²) < 4.78 is 20.5. The number of furan rings is 1. The van der Waals surface area contributed by atoms with Crippen molar-refractivity contribution in [2.45, 2.75) is 32.4 Å². The predicted molar refractivity (Wildman–Crippen MR) is 107 cm³/mol. The van der Waals surface area contributed by atoms with Crippen LogP contribution in [-0.4, -0.2) is 34.3 Å². The van der Waals surface area contributed by atoms with Crippen molar-refractivity contribution in [1.29, 1.82) is 0 Å². The molecule has 1 N–H and O–H groups in total. The number of hydrogen-bond acceptors (Lipinski definition) is 4. The molecule has 3 aromatic rings. The Bertz CT molecular complexity index is 901. The summed E-state index contributed by atoms with van der Waals surface area (Å²) in [4.78, 5) is 2.46. The minimum absolute atomic E-state index is 0.212. The number of aryl methyl sites for hydroxylation is 1. The van der Waals surface area contributed by atoms with E-state index in [9.17, 15) is 4.39 Å². The average molecular weight is 403 g/mol. The van der Waals surface area contributed by atoms with Crippen LogP contribution < -0.4 is 5.32 Å². The van der Waals surface area contributed by atoms with Crippen molar-refractivity contribution in [3.8, 4) is 5.69 Å². The number of halogens is 2. The Morgan fingerprint density at radius 3 is 2.64 bits per heavy atom. The molecule has 5 nitrogen and oxygen atoms in total. The highest BCUT2D eigenvalue weighted by Crippen LogP contribution is 2.26. The average Bonchev–Trinajstić information content (AvgIpc) is 3.44. The van der Waals surface area contributed by atoms with Gasteiger partial charge < -0.3 is 9.73 Å². The van der Waals surface area contributed by atoms with Gasteiger partial charge in [-0.15, -0.1) is 0 Å². The summed E-state index contributed by atoms with van der Waals surface area (Å²) in [6.45, 7) is 5.50. The number of nitrogens with one attached hydrogen (secondary N) is 1. The maximum Gasteiger partial charge on any atom is 0.137 e. The van der Waals surface area contributed by atoms with Crippen molar-refractivity contribution in [1.82, 2.24) is 20.0 Å². The number of aromatic nitrogens is 2. The second kappa shape index (κ2) is 8.47. The Morgan fingerprint density at radius 1 is 1.21 bits per heavy atom. The topological polar surface area (TPSA) is 46.2 Å². The molecule has 0 aliphatic carbocycles. The molecule has 1 aliphatic rings. The maximum atomic E-state index is 13.2. The molecule has 1 saturated heterocycles. The smallest absolute Gasteiger partial charge is 0.137 e. The molecule has 148 valence electrons. The van der Waals surface area contributed by atoms with Crippen molar-refractivity contribution in [2.24, 2.45) is 0 Å². The van der Waals surface area contributed by atoms with Gasteiger partial charge in [-0.25, -0.2) is 9.07 Å². The Balaban J connectivity index is 1.46. The Morgan fingerprint density at radius 2 is 1.96 bits per heavy atom. The fraction of sp³-hybridized carbons (Fsp3) is 0.381. The molecule has 28 heavy (non-hydrogen) atoms. The molecule has 0 amide bonds. The number of hydrogen-bond donors (Lipinski definition) is 1. The molecule has 0 radical (unpaired) electrons. The number of likely N-dealkylation sites (tertiary alicyclic amines) is 1. The summed E-state index contributed by atoms with van der Waals surface area (Å²) in [5.41, 5.74) is 2.55. The fourth-order valence-corrected chi connectivity index (χ4v) is 4.10. The molecule has 1 atom stereocenters. The molecular weight excluding hydrogens is 379 g/mol. The van der Waals surface area contributed by atoms with E-state index in [0.29, 0.717) is 11.7 Å². The molecule has 7 heteroatoms. The third-order valence-electron chi connectivity index (χ3n) is 5.29. The monoisotopic (exact) mass is 402 g/mol. The van der Waals surface area contributed by atoms with Gasteiger partial charge in [0, 0.05) is 18.7 Å². The molecule has 2 aromatic heterocycles. The van der Waals surface area contributed by atoms with Crippen LogP contribution in [0.25, 0.3) is 5.69 Å². The molecule has 1 fully saturated rings. The van der Waals surface area contributed by atoms with E-state index in [4.69, 9.17) is 16.0 Å². The lowest BCUT2D eigenvalue weighted by molar-refractivity contribution is 0.209. The zero-order chi connectivity index (χ0) is 19.5. The van der Waals surface area contributed by atoms with Crippen LogP contribution in [0.5, 0.6) is 0 Å². The van der Waals surface area contributed by atoms with Gasteiger partial charge in [0.1, 0.15) is 16.7 Å². The number of rotatable bonds is 7. The van der Waals surface area contributed by atoms with Crippen molar-refractivity contribution in [3.63, 3.8) is 0 Å². The third-order valence-corrected chi connectivity index (χ3v) is 5.67. The molecule has 1 aromatic carbocycles. The van der Waals surface area contributed by atoms with E-state index in [0.717, 1.165) is 42.3 Å². The van der Waals surface area contributed by atoms with E-state index in [1.54, 1.807) is 23.1 Å². The van der Waals surface area contributed by atoms with E-state index in [1.165, 1.54) is 25.0 Å². The van der Waals surface area contributed by atoms with Crippen LogP contribution in [0.2, 0.25) is 5.15 Å². The van der Waals surface area contributed by atoms with Gasteiger partial charge in [-0.1, -0.05) is 11.6 Å². The lowest BCUT2D eigenvalue weighted by Crippen LogP contribution is -2.33. The first-order valence-electron chi connectivity index (χ1n) is 9.61. The quantitative estimate of drug-likeness (QED) is 0.632. The van der Waals surface area contributed by atoms with Gasteiger partial charge in [0.25, 0.3) is 0 Å². The first kappa shape index (κ1) is 19.2. The van der Waals surface area contributed by atoms with Gasteiger partial charge in [0.2, 0.25) is 0 Å². The van der Waals surface area contributed by atoms with Crippen LogP contribution in [0.4, 0.5) is 4.39 Å². The van der Waals surface area contributed by atoms with Crippen LogP contribution in [-0.2, 0) is 6.54 Å². The van der Waals surface area contributed by atoms with Crippen LogP contribution in [0.15, 0.2) is 47.1 Å². The summed E-state index contributed by atoms with van der Waals surface area (Å²) in [6.07, 6.45) is 4.19. The summed E-state index contributed by atoms with van der Waals surface area (Å²) in [5.74, 6) is 0.704. The summed E-state index contributed by atoms with van der Waals surface area (Å²) in [6, 6.07) is 10.3. The van der Waals surface area contributed by atoms with Gasteiger partial charge in [-0.2, -0.15) is 5.10 Å². The molecular formula is C21H24ClFN4O. The Kier molecular flexibility index (Phi) is 5.80. The largest absolute Gasteiger partial charge is 0.468 e.